The molecule has 5 aromatic rings. The summed E-state index contributed by atoms with van der Waals surface area (Å²) < 4.78 is 5.41. The van der Waals surface area contributed by atoms with Gasteiger partial charge in [0.15, 0.2) is 6.23 Å². The van der Waals surface area contributed by atoms with Crippen LogP contribution in [0.3, 0.4) is 0 Å². The second kappa shape index (κ2) is 7.40. The second-order valence-electron chi connectivity index (χ2n) is 7.63. The fraction of sp³-hybridized carbons (Fsp3) is 0.0800. The lowest BCUT2D eigenvalue weighted by molar-refractivity contribution is 0.257. The molecule has 7 heteroatoms. The van der Waals surface area contributed by atoms with E-state index in [-0.39, 0.29) is 0 Å². The number of aliphatic hydroxyl groups is 1. The number of fused-ring (bicyclic) bond motifs is 2. The number of aryl methyl sites for hydroxylation is 1. The first-order valence-electron chi connectivity index (χ1n) is 10.2. The van der Waals surface area contributed by atoms with Gasteiger partial charge in [0.05, 0.1) is 27.9 Å². The van der Waals surface area contributed by atoms with Gasteiger partial charge in [-0.25, -0.2) is 9.97 Å². The zero-order valence-electron chi connectivity index (χ0n) is 17.1. The highest BCUT2D eigenvalue weighted by atomic mass is 32.1. The fourth-order valence-corrected chi connectivity index (χ4v) is 4.84. The molecule has 0 radical (unpaired) electrons. The zero-order chi connectivity index (χ0) is 21.7. The zero-order valence-corrected chi connectivity index (χ0v) is 17.9. The van der Waals surface area contributed by atoms with E-state index in [1.54, 1.807) is 23.7 Å². The first-order valence-corrected chi connectivity index (χ1v) is 11.0. The van der Waals surface area contributed by atoms with Crippen molar-refractivity contribution in [2.45, 2.75) is 13.2 Å². The molecule has 1 aliphatic rings. The van der Waals surface area contributed by atoms with Crippen molar-refractivity contribution < 1.29 is 9.52 Å². The van der Waals surface area contributed by atoms with Crippen LogP contribution in [0, 0.1) is 6.92 Å². The Hall–Kier alpha value is -3.81. The van der Waals surface area contributed by atoms with Gasteiger partial charge in [0, 0.05) is 27.6 Å². The van der Waals surface area contributed by atoms with Gasteiger partial charge in [-0.15, -0.1) is 11.3 Å². The minimum Gasteiger partial charge on any atom is -0.445 e. The van der Waals surface area contributed by atoms with E-state index >= 15 is 0 Å². The van der Waals surface area contributed by atoms with Crippen molar-refractivity contribution in [2.75, 3.05) is 5.32 Å². The molecule has 2 N–H and O–H groups in total. The average Bonchev–Trinajstić information content (AvgIpc) is 3.49. The van der Waals surface area contributed by atoms with Crippen molar-refractivity contribution in [3.05, 3.63) is 83.5 Å². The van der Waals surface area contributed by atoms with Gasteiger partial charge in [0.1, 0.15) is 12.1 Å². The molecule has 0 bridgehead atoms. The van der Waals surface area contributed by atoms with Crippen molar-refractivity contribution >= 4 is 39.7 Å². The summed E-state index contributed by atoms with van der Waals surface area (Å²) in [4.78, 5) is 15.9. The van der Waals surface area contributed by atoms with Crippen molar-refractivity contribution in [3.8, 4) is 21.7 Å². The number of hydrogen-bond acceptors (Lipinski definition) is 7. The third kappa shape index (κ3) is 3.19. The van der Waals surface area contributed by atoms with Gasteiger partial charge in [-0.3, -0.25) is 4.98 Å². The average molecular weight is 439 g/mol. The quantitative estimate of drug-likeness (QED) is 0.381. The maximum Gasteiger partial charge on any atom is 0.226 e. The van der Waals surface area contributed by atoms with E-state index in [1.165, 1.54) is 11.1 Å². The molecule has 4 aromatic heterocycles. The summed E-state index contributed by atoms with van der Waals surface area (Å²) in [7, 11) is 0. The molecule has 1 atom stereocenters. The topological polar surface area (TPSA) is 84.1 Å². The van der Waals surface area contributed by atoms with E-state index in [9.17, 15) is 5.11 Å². The fourth-order valence-electron chi connectivity index (χ4n) is 3.97. The number of aliphatic hydroxyl groups excluding tert-OH is 1. The summed E-state index contributed by atoms with van der Waals surface area (Å²) in [6, 6.07) is 16.5. The van der Waals surface area contributed by atoms with Crippen molar-refractivity contribution in [1.29, 1.82) is 0 Å². The summed E-state index contributed by atoms with van der Waals surface area (Å²) in [5.74, 6) is 1.01. The Morgan fingerprint density at radius 3 is 2.81 bits per heavy atom. The normalized spacial score (nSPS) is 15.3. The summed E-state index contributed by atoms with van der Waals surface area (Å²) in [5, 5.41) is 14.8. The highest BCUT2D eigenvalue weighted by Gasteiger charge is 2.25. The Kier molecular flexibility index (Phi) is 4.38. The Morgan fingerprint density at radius 2 is 2.00 bits per heavy atom. The van der Waals surface area contributed by atoms with Gasteiger partial charge in [0.2, 0.25) is 5.89 Å². The van der Waals surface area contributed by atoms with Crippen LogP contribution >= 0.6 is 11.3 Å². The Balaban J connectivity index is 1.58. The van der Waals surface area contributed by atoms with Gasteiger partial charge in [-0.2, -0.15) is 0 Å². The molecule has 1 unspecified atom stereocenters. The number of anilines is 1. The largest absolute Gasteiger partial charge is 0.445 e. The van der Waals surface area contributed by atoms with Crippen LogP contribution in [0.15, 0.2) is 71.6 Å². The lowest BCUT2D eigenvalue weighted by atomic mass is 9.96. The van der Waals surface area contributed by atoms with Crippen LogP contribution < -0.4 is 5.32 Å². The number of oxazole rings is 1. The number of thiophene rings is 1. The number of aromatic nitrogens is 3. The SMILES string of the molecule is Cc1ccc(-c2nc3c(cc2-c2ccc4ncccc4c2)C=C(c2ncco2)C(O)N3)s1. The van der Waals surface area contributed by atoms with Crippen LogP contribution in [0.2, 0.25) is 0 Å². The summed E-state index contributed by atoms with van der Waals surface area (Å²) in [6.45, 7) is 2.08. The molecule has 6 nitrogen and oxygen atoms in total. The molecule has 32 heavy (non-hydrogen) atoms. The third-order valence-corrected chi connectivity index (χ3v) is 6.51. The molecule has 1 aliphatic heterocycles. The van der Waals surface area contributed by atoms with Crippen molar-refractivity contribution in [3.63, 3.8) is 0 Å². The van der Waals surface area contributed by atoms with Crippen LogP contribution in [0.4, 0.5) is 5.82 Å². The molecule has 0 aliphatic carbocycles. The van der Waals surface area contributed by atoms with E-state index in [1.807, 2.05) is 18.2 Å². The van der Waals surface area contributed by atoms with Crippen LogP contribution in [0.1, 0.15) is 16.3 Å². The van der Waals surface area contributed by atoms with Gasteiger partial charge in [0.25, 0.3) is 0 Å². The predicted molar refractivity (Wildman–Crippen MR) is 127 cm³/mol. The first-order chi connectivity index (χ1) is 15.7. The molecule has 0 fully saturated rings. The van der Waals surface area contributed by atoms with E-state index in [2.05, 4.69) is 58.6 Å². The number of benzene rings is 1. The Bertz CT molecular complexity index is 1490. The second-order valence-corrected chi connectivity index (χ2v) is 8.92. The molecule has 0 spiro atoms. The van der Waals surface area contributed by atoms with Crippen LogP contribution in [-0.2, 0) is 0 Å². The van der Waals surface area contributed by atoms with Crippen molar-refractivity contribution in [1.82, 2.24) is 15.0 Å². The van der Waals surface area contributed by atoms with Crippen LogP contribution in [0.5, 0.6) is 0 Å². The van der Waals surface area contributed by atoms with Crippen molar-refractivity contribution in [2.24, 2.45) is 0 Å². The Morgan fingerprint density at radius 1 is 1.06 bits per heavy atom. The molecule has 0 saturated carbocycles. The minimum absolute atomic E-state index is 0.381. The minimum atomic E-state index is -0.954. The molecule has 1 aromatic carbocycles. The van der Waals surface area contributed by atoms with E-state index in [4.69, 9.17) is 9.40 Å². The Labute approximate surface area is 187 Å². The number of nitrogens with one attached hydrogen (secondary N) is 1. The number of hydrogen-bond donors (Lipinski definition) is 2. The molecule has 0 amide bonds. The monoisotopic (exact) mass is 438 g/mol. The lowest BCUT2D eigenvalue weighted by Gasteiger charge is -2.23. The number of nitrogens with zero attached hydrogens (tertiary/aromatic N) is 3. The molecule has 6 rings (SSSR count). The van der Waals surface area contributed by atoms with E-state index < -0.39 is 6.23 Å². The lowest BCUT2D eigenvalue weighted by Crippen LogP contribution is -2.25. The van der Waals surface area contributed by atoms with E-state index in [0.717, 1.165) is 38.2 Å². The highest BCUT2D eigenvalue weighted by molar-refractivity contribution is 7.15. The van der Waals surface area contributed by atoms with Gasteiger partial charge in [-0.1, -0.05) is 12.1 Å². The molecular formula is C25H18N4O2S. The third-order valence-electron chi connectivity index (χ3n) is 5.50. The smallest absolute Gasteiger partial charge is 0.226 e. The van der Waals surface area contributed by atoms with Gasteiger partial charge >= 0.3 is 0 Å². The van der Waals surface area contributed by atoms with E-state index in [0.29, 0.717) is 17.3 Å². The molecule has 0 saturated heterocycles. The first kappa shape index (κ1) is 18.9. The van der Waals surface area contributed by atoms with Crippen LogP contribution in [0.25, 0.3) is 44.3 Å². The van der Waals surface area contributed by atoms with Gasteiger partial charge < -0.3 is 14.8 Å². The summed E-state index contributed by atoms with van der Waals surface area (Å²) in [6.07, 6.45) is 5.78. The predicted octanol–water partition coefficient (Wildman–Crippen LogP) is 5.61. The molecule has 5 heterocycles. The molecular weight excluding hydrogens is 420 g/mol. The maximum atomic E-state index is 10.6. The maximum absolute atomic E-state index is 10.6. The standard InChI is InChI=1S/C25H18N4O2S/c1-14-4-7-21(32-14)22-18(15-5-6-20-16(11-15)3-2-8-26-20)12-17-13-19(25-27-9-10-31-25)24(30)29-23(17)28-22/h2-13,24,30H,1H3,(H,28,29). The number of rotatable bonds is 3. The van der Waals surface area contributed by atoms with Gasteiger partial charge in [-0.05, 0) is 55.0 Å². The van der Waals surface area contributed by atoms with Crippen LogP contribution in [-0.4, -0.2) is 26.3 Å². The summed E-state index contributed by atoms with van der Waals surface area (Å²) in [5.41, 5.74) is 5.32. The highest BCUT2D eigenvalue weighted by Crippen LogP contribution is 2.40. The molecule has 156 valence electrons. The number of pyridine rings is 2. The summed E-state index contributed by atoms with van der Waals surface area (Å²) >= 11 is 1.70.